The van der Waals surface area contributed by atoms with Crippen LogP contribution in [0.15, 0.2) is 84.9 Å². The van der Waals surface area contributed by atoms with E-state index in [0.717, 1.165) is 22.6 Å². The van der Waals surface area contributed by atoms with E-state index < -0.39 is 0 Å². The molecule has 0 heterocycles. The van der Waals surface area contributed by atoms with E-state index in [1.807, 2.05) is 91.9 Å². The molecule has 0 fully saturated rings. The zero-order valence-corrected chi connectivity index (χ0v) is 19.1. The van der Waals surface area contributed by atoms with Gasteiger partial charge in [-0.05, 0) is 42.3 Å². The van der Waals surface area contributed by atoms with Crippen LogP contribution in [0.3, 0.4) is 0 Å². The summed E-state index contributed by atoms with van der Waals surface area (Å²) in [6.45, 7) is 4.81. The third-order valence-electron chi connectivity index (χ3n) is 4.62. The number of hydrogen-bond donors (Lipinski definition) is 0. The van der Waals surface area contributed by atoms with Gasteiger partial charge in [-0.2, -0.15) is 0 Å². The number of hydrogen-bond acceptors (Lipinski definition) is 6. The second kappa shape index (κ2) is 15.0. The van der Waals surface area contributed by atoms with Crippen molar-refractivity contribution in [1.29, 1.82) is 0 Å². The number of benzene rings is 3. The Morgan fingerprint density at radius 2 is 1.24 bits per heavy atom. The summed E-state index contributed by atoms with van der Waals surface area (Å²) in [5.74, 6) is 1.54. The van der Waals surface area contributed by atoms with Crippen LogP contribution in [0.2, 0.25) is 0 Å². The topological polar surface area (TPSA) is 55.4 Å². The lowest BCUT2D eigenvalue weighted by molar-refractivity contribution is -0.0614. The summed E-state index contributed by atoms with van der Waals surface area (Å²) in [4.78, 5) is 0. The molecule has 0 bridgehead atoms. The van der Waals surface area contributed by atoms with Gasteiger partial charge in [0.1, 0.15) is 11.5 Å². The zero-order valence-electron chi connectivity index (χ0n) is 19.1. The van der Waals surface area contributed by atoms with E-state index in [2.05, 4.69) is 0 Å². The summed E-state index contributed by atoms with van der Waals surface area (Å²) in [6.07, 6.45) is -0.0411. The van der Waals surface area contributed by atoms with Crippen molar-refractivity contribution in [3.63, 3.8) is 0 Å². The highest BCUT2D eigenvalue weighted by molar-refractivity contribution is 5.28. The molecule has 0 N–H and O–H groups in total. The van der Waals surface area contributed by atoms with Gasteiger partial charge >= 0.3 is 0 Å². The Kier molecular flexibility index (Phi) is 11.3. The first kappa shape index (κ1) is 24.7. The maximum atomic E-state index is 5.71. The van der Waals surface area contributed by atoms with Crippen LogP contribution >= 0.6 is 0 Å². The molecule has 6 nitrogen and oxygen atoms in total. The average Bonchev–Trinajstić information content (AvgIpc) is 2.86. The van der Waals surface area contributed by atoms with Gasteiger partial charge in [0.2, 0.25) is 0 Å². The summed E-state index contributed by atoms with van der Waals surface area (Å²) < 4.78 is 33.7. The fourth-order valence-electron chi connectivity index (χ4n) is 2.96. The molecule has 6 heteroatoms. The van der Waals surface area contributed by atoms with Gasteiger partial charge in [0, 0.05) is 0 Å². The Hall–Kier alpha value is -2.90. The molecular weight excluding hydrogens is 420 g/mol. The average molecular weight is 453 g/mol. The molecule has 1 atom stereocenters. The highest BCUT2D eigenvalue weighted by atomic mass is 16.7. The first-order valence-corrected chi connectivity index (χ1v) is 11.1. The minimum atomic E-state index is -0.0411. The van der Waals surface area contributed by atoms with E-state index in [4.69, 9.17) is 28.4 Å². The molecule has 0 aromatic heterocycles. The molecule has 0 aliphatic rings. The molecular formula is C27H32O6. The largest absolute Gasteiger partial charge is 0.468 e. The fraction of sp³-hybridized carbons (Fsp3) is 0.333. The van der Waals surface area contributed by atoms with Gasteiger partial charge in [-0.3, -0.25) is 0 Å². The van der Waals surface area contributed by atoms with E-state index in [9.17, 15) is 0 Å². The molecule has 0 aliphatic heterocycles. The highest BCUT2D eigenvalue weighted by Gasteiger charge is 2.03. The van der Waals surface area contributed by atoms with Gasteiger partial charge in [-0.15, -0.1) is 0 Å². The van der Waals surface area contributed by atoms with E-state index >= 15 is 0 Å². The van der Waals surface area contributed by atoms with E-state index in [0.29, 0.717) is 33.0 Å². The predicted molar refractivity (Wildman–Crippen MR) is 126 cm³/mol. The van der Waals surface area contributed by atoms with Crippen LogP contribution in [0.25, 0.3) is 0 Å². The molecule has 3 rings (SSSR count). The molecule has 0 aliphatic carbocycles. The summed E-state index contributed by atoms with van der Waals surface area (Å²) >= 11 is 0. The van der Waals surface area contributed by atoms with Crippen molar-refractivity contribution >= 4 is 0 Å². The molecule has 0 spiro atoms. The molecule has 0 saturated heterocycles. The van der Waals surface area contributed by atoms with Gasteiger partial charge in [-0.25, -0.2) is 0 Å². The van der Waals surface area contributed by atoms with Gasteiger partial charge in [0.15, 0.2) is 13.6 Å². The van der Waals surface area contributed by atoms with E-state index in [1.54, 1.807) is 0 Å². The lowest BCUT2D eigenvalue weighted by Gasteiger charge is -2.14. The Bertz CT molecular complexity index is 887. The minimum absolute atomic E-state index is 0.0411. The third kappa shape index (κ3) is 10.5. The van der Waals surface area contributed by atoms with Crippen LogP contribution in [0.1, 0.15) is 18.1 Å². The lowest BCUT2D eigenvalue weighted by atomic mass is 10.2. The van der Waals surface area contributed by atoms with Crippen LogP contribution in [-0.4, -0.2) is 39.5 Å². The van der Waals surface area contributed by atoms with Crippen molar-refractivity contribution in [2.24, 2.45) is 0 Å². The lowest BCUT2D eigenvalue weighted by Crippen LogP contribution is -2.20. The van der Waals surface area contributed by atoms with Crippen LogP contribution < -0.4 is 9.47 Å². The van der Waals surface area contributed by atoms with Crippen molar-refractivity contribution in [2.45, 2.75) is 26.2 Å². The van der Waals surface area contributed by atoms with E-state index in [-0.39, 0.29) is 19.7 Å². The summed E-state index contributed by atoms with van der Waals surface area (Å²) in [6, 6.07) is 27.4. The van der Waals surface area contributed by atoms with Crippen molar-refractivity contribution in [2.75, 3.05) is 33.4 Å². The third-order valence-corrected chi connectivity index (χ3v) is 4.62. The fourth-order valence-corrected chi connectivity index (χ4v) is 2.96. The standard InChI is InChI=1S/C27H32O6/c1-23(18-29-21-32-26-12-6-3-7-13-26)31-16-15-28-20-25-11-8-14-27(17-25)33-22-30-19-24-9-4-2-5-10-24/h2-14,17,23H,15-16,18-22H2,1H3. The second-order valence-corrected chi connectivity index (χ2v) is 7.42. The predicted octanol–water partition coefficient (Wildman–Crippen LogP) is 5.21. The molecule has 3 aromatic rings. The quantitative estimate of drug-likeness (QED) is 0.220. The van der Waals surface area contributed by atoms with E-state index in [1.165, 1.54) is 0 Å². The summed E-state index contributed by atoms with van der Waals surface area (Å²) in [7, 11) is 0. The normalized spacial score (nSPS) is 11.8. The summed E-state index contributed by atoms with van der Waals surface area (Å²) in [5.41, 5.74) is 2.15. The first-order valence-electron chi connectivity index (χ1n) is 11.1. The highest BCUT2D eigenvalue weighted by Crippen LogP contribution is 2.14. The Morgan fingerprint density at radius 1 is 0.606 bits per heavy atom. The smallest absolute Gasteiger partial charge is 0.189 e. The van der Waals surface area contributed by atoms with Gasteiger partial charge in [0.05, 0.1) is 39.1 Å². The maximum Gasteiger partial charge on any atom is 0.189 e. The molecule has 0 saturated carbocycles. The van der Waals surface area contributed by atoms with Crippen LogP contribution in [0.4, 0.5) is 0 Å². The minimum Gasteiger partial charge on any atom is -0.468 e. The van der Waals surface area contributed by atoms with Gasteiger partial charge in [-0.1, -0.05) is 60.7 Å². The summed E-state index contributed by atoms with van der Waals surface area (Å²) in [5, 5.41) is 0. The Balaban J connectivity index is 1.21. The second-order valence-electron chi connectivity index (χ2n) is 7.42. The van der Waals surface area contributed by atoms with Crippen LogP contribution in [0, 0.1) is 0 Å². The molecule has 3 aromatic carbocycles. The molecule has 0 amide bonds. The maximum absolute atomic E-state index is 5.71. The number of rotatable bonds is 16. The van der Waals surface area contributed by atoms with Gasteiger partial charge in [0.25, 0.3) is 0 Å². The van der Waals surface area contributed by atoms with Crippen molar-refractivity contribution in [3.8, 4) is 11.5 Å². The Labute approximate surface area is 196 Å². The molecule has 0 radical (unpaired) electrons. The van der Waals surface area contributed by atoms with Crippen molar-refractivity contribution < 1.29 is 28.4 Å². The molecule has 1 unspecified atom stereocenters. The van der Waals surface area contributed by atoms with Crippen molar-refractivity contribution in [3.05, 3.63) is 96.1 Å². The molecule has 176 valence electrons. The van der Waals surface area contributed by atoms with Crippen LogP contribution in [0.5, 0.6) is 11.5 Å². The van der Waals surface area contributed by atoms with Gasteiger partial charge < -0.3 is 28.4 Å². The zero-order chi connectivity index (χ0) is 23.0. The SMILES string of the molecule is CC(COCOc1ccccc1)OCCOCc1cccc(OCOCc2ccccc2)c1. The number of para-hydroxylation sites is 1. The monoisotopic (exact) mass is 452 g/mol. The van der Waals surface area contributed by atoms with Crippen LogP contribution in [-0.2, 0) is 32.2 Å². The van der Waals surface area contributed by atoms with Crippen molar-refractivity contribution in [1.82, 2.24) is 0 Å². The molecule has 33 heavy (non-hydrogen) atoms. The Morgan fingerprint density at radius 3 is 2.06 bits per heavy atom. The number of ether oxygens (including phenoxy) is 6. The first-order chi connectivity index (χ1) is 16.3.